The van der Waals surface area contributed by atoms with Crippen LogP contribution in [-0.2, 0) is 9.05 Å². The van der Waals surface area contributed by atoms with Crippen LogP contribution in [0.15, 0.2) is 29.2 Å². The Morgan fingerprint density at radius 1 is 1.33 bits per heavy atom. The van der Waals surface area contributed by atoms with Crippen molar-refractivity contribution in [3.05, 3.63) is 24.3 Å². The maximum absolute atomic E-state index is 10.9. The van der Waals surface area contributed by atoms with Crippen molar-refractivity contribution >= 4 is 19.7 Å². The summed E-state index contributed by atoms with van der Waals surface area (Å²) in [6, 6.07) is 5.83. The van der Waals surface area contributed by atoms with Gasteiger partial charge < -0.3 is 4.74 Å². The van der Waals surface area contributed by atoms with E-state index in [-0.39, 0.29) is 4.90 Å². The highest BCUT2D eigenvalue weighted by molar-refractivity contribution is 8.13. The van der Waals surface area contributed by atoms with Crippen molar-refractivity contribution in [1.82, 2.24) is 0 Å². The van der Waals surface area contributed by atoms with Gasteiger partial charge in [0, 0.05) is 17.1 Å². The molecule has 0 radical (unpaired) electrons. The van der Waals surface area contributed by atoms with Gasteiger partial charge in [0.1, 0.15) is 5.75 Å². The first-order chi connectivity index (χ1) is 7.04. The van der Waals surface area contributed by atoms with E-state index in [0.29, 0.717) is 18.8 Å². The fourth-order valence-corrected chi connectivity index (χ4v) is 1.70. The minimum absolute atomic E-state index is 0.0495. The molecule has 0 unspecified atom stereocenters. The lowest BCUT2D eigenvalue weighted by atomic mass is 10.3. The van der Waals surface area contributed by atoms with Crippen LogP contribution in [0.25, 0.3) is 0 Å². The van der Waals surface area contributed by atoms with E-state index < -0.39 is 9.05 Å². The van der Waals surface area contributed by atoms with E-state index in [1.165, 1.54) is 24.3 Å². The van der Waals surface area contributed by atoms with Gasteiger partial charge in [-0.05, 0) is 24.3 Å². The highest BCUT2D eigenvalue weighted by Crippen LogP contribution is 2.18. The SMILES string of the molecule is C#CCCOc1ccc(S(=O)(=O)Cl)cc1. The summed E-state index contributed by atoms with van der Waals surface area (Å²) in [5, 5.41) is 0. The van der Waals surface area contributed by atoms with Crippen LogP contribution < -0.4 is 4.74 Å². The summed E-state index contributed by atoms with van der Waals surface area (Å²) in [7, 11) is 1.48. The van der Waals surface area contributed by atoms with Crippen LogP contribution in [0.4, 0.5) is 0 Å². The van der Waals surface area contributed by atoms with E-state index in [1.807, 2.05) is 0 Å². The third kappa shape index (κ3) is 3.82. The first-order valence-corrected chi connectivity index (χ1v) is 6.46. The molecule has 0 saturated carbocycles. The predicted molar refractivity (Wildman–Crippen MR) is 58.4 cm³/mol. The van der Waals surface area contributed by atoms with Crippen LogP contribution in [0.5, 0.6) is 5.75 Å². The van der Waals surface area contributed by atoms with Crippen molar-refractivity contribution in [1.29, 1.82) is 0 Å². The van der Waals surface area contributed by atoms with Crippen molar-refractivity contribution in [3.63, 3.8) is 0 Å². The Morgan fingerprint density at radius 2 is 1.93 bits per heavy atom. The highest BCUT2D eigenvalue weighted by atomic mass is 35.7. The molecule has 5 heteroatoms. The molecule has 0 aromatic heterocycles. The lowest BCUT2D eigenvalue weighted by molar-refractivity contribution is 0.327. The zero-order chi connectivity index (χ0) is 11.3. The van der Waals surface area contributed by atoms with E-state index in [4.69, 9.17) is 21.8 Å². The van der Waals surface area contributed by atoms with Crippen LogP contribution in [0.2, 0.25) is 0 Å². The quantitative estimate of drug-likeness (QED) is 0.462. The van der Waals surface area contributed by atoms with Crippen LogP contribution in [0.1, 0.15) is 6.42 Å². The topological polar surface area (TPSA) is 43.4 Å². The Morgan fingerprint density at radius 3 is 2.40 bits per heavy atom. The molecule has 0 aliphatic carbocycles. The lowest BCUT2D eigenvalue weighted by Crippen LogP contribution is -1.96. The van der Waals surface area contributed by atoms with Crippen LogP contribution in [-0.4, -0.2) is 15.0 Å². The fourth-order valence-electron chi connectivity index (χ4n) is 0.926. The number of ether oxygens (including phenoxy) is 1. The minimum atomic E-state index is -3.66. The Bertz CT molecular complexity index is 456. The Hall–Kier alpha value is -1.18. The van der Waals surface area contributed by atoms with E-state index in [2.05, 4.69) is 5.92 Å². The Labute approximate surface area is 93.4 Å². The molecule has 0 aliphatic rings. The zero-order valence-electron chi connectivity index (χ0n) is 7.81. The molecular weight excluding hydrogens is 236 g/mol. The summed E-state index contributed by atoms with van der Waals surface area (Å²) >= 11 is 0. The molecule has 80 valence electrons. The largest absolute Gasteiger partial charge is 0.493 e. The molecular formula is C10H9ClO3S. The molecule has 0 bridgehead atoms. The molecule has 1 rings (SSSR count). The third-order valence-corrected chi connectivity index (χ3v) is 2.99. The molecule has 3 nitrogen and oxygen atoms in total. The van der Waals surface area contributed by atoms with Gasteiger partial charge in [-0.2, -0.15) is 0 Å². The van der Waals surface area contributed by atoms with Crippen molar-refractivity contribution in [2.45, 2.75) is 11.3 Å². The second-order valence-electron chi connectivity index (χ2n) is 2.71. The van der Waals surface area contributed by atoms with Gasteiger partial charge in [-0.15, -0.1) is 12.3 Å². The Kier molecular flexibility index (Phi) is 4.01. The molecule has 0 aliphatic heterocycles. The number of hydrogen-bond acceptors (Lipinski definition) is 3. The number of rotatable bonds is 4. The number of terminal acetylenes is 1. The molecule has 0 atom stereocenters. The average Bonchev–Trinajstić information content (AvgIpc) is 2.18. The smallest absolute Gasteiger partial charge is 0.261 e. The van der Waals surface area contributed by atoms with Gasteiger partial charge in [0.25, 0.3) is 9.05 Å². The molecule has 15 heavy (non-hydrogen) atoms. The molecule has 1 aromatic carbocycles. The monoisotopic (exact) mass is 244 g/mol. The second kappa shape index (κ2) is 5.06. The van der Waals surface area contributed by atoms with Gasteiger partial charge in [-0.3, -0.25) is 0 Å². The van der Waals surface area contributed by atoms with Crippen LogP contribution in [0, 0.1) is 12.3 Å². The van der Waals surface area contributed by atoms with Crippen LogP contribution >= 0.6 is 10.7 Å². The molecule has 0 amide bonds. The number of benzene rings is 1. The lowest BCUT2D eigenvalue weighted by Gasteiger charge is -2.03. The van der Waals surface area contributed by atoms with E-state index in [1.54, 1.807) is 0 Å². The minimum Gasteiger partial charge on any atom is -0.493 e. The number of hydrogen-bond donors (Lipinski definition) is 0. The van der Waals surface area contributed by atoms with Crippen LogP contribution in [0.3, 0.4) is 0 Å². The first kappa shape index (κ1) is 11.9. The maximum atomic E-state index is 10.9. The number of halogens is 1. The third-order valence-electron chi connectivity index (χ3n) is 1.62. The molecule has 0 N–H and O–H groups in total. The summed E-state index contributed by atoms with van der Waals surface area (Å²) in [6.07, 6.45) is 5.56. The van der Waals surface area contributed by atoms with Gasteiger partial charge in [0.15, 0.2) is 0 Å². The molecule has 0 fully saturated rings. The fraction of sp³-hybridized carbons (Fsp3) is 0.200. The zero-order valence-corrected chi connectivity index (χ0v) is 9.38. The molecule has 1 aromatic rings. The molecule has 0 saturated heterocycles. The molecule has 0 heterocycles. The standard InChI is InChI=1S/C10H9ClO3S/c1-2-3-8-14-9-4-6-10(7-5-9)15(11,12)13/h1,4-7H,3,8H2. The first-order valence-electron chi connectivity index (χ1n) is 4.15. The van der Waals surface area contributed by atoms with Gasteiger partial charge >= 0.3 is 0 Å². The average molecular weight is 245 g/mol. The summed E-state index contributed by atoms with van der Waals surface area (Å²) in [5.74, 6) is 3.00. The van der Waals surface area contributed by atoms with Gasteiger partial charge in [0.2, 0.25) is 0 Å². The van der Waals surface area contributed by atoms with Gasteiger partial charge in [-0.1, -0.05) is 0 Å². The Balaban J connectivity index is 2.70. The van der Waals surface area contributed by atoms with Crippen molar-refractivity contribution in [2.24, 2.45) is 0 Å². The maximum Gasteiger partial charge on any atom is 0.261 e. The normalized spacial score (nSPS) is 10.7. The highest BCUT2D eigenvalue weighted by Gasteiger charge is 2.08. The van der Waals surface area contributed by atoms with E-state index >= 15 is 0 Å². The summed E-state index contributed by atoms with van der Waals surface area (Å²) in [4.78, 5) is 0.0495. The summed E-state index contributed by atoms with van der Waals surface area (Å²) < 4.78 is 27.0. The summed E-state index contributed by atoms with van der Waals surface area (Å²) in [5.41, 5.74) is 0. The van der Waals surface area contributed by atoms with Crippen molar-refractivity contribution in [3.8, 4) is 18.1 Å². The summed E-state index contributed by atoms with van der Waals surface area (Å²) in [6.45, 7) is 0.406. The second-order valence-corrected chi connectivity index (χ2v) is 5.28. The molecule has 0 spiro atoms. The van der Waals surface area contributed by atoms with Gasteiger partial charge in [-0.25, -0.2) is 8.42 Å². The van der Waals surface area contributed by atoms with Crippen molar-refractivity contribution in [2.75, 3.05) is 6.61 Å². The van der Waals surface area contributed by atoms with Crippen molar-refractivity contribution < 1.29 is 13.2 Å². The van der Waals surface area contributed by atoms with E-state index in [9.17, 15) is 8.42 Å². The van der Waals surface area contributed by atoms with E-state index in [0.717, 1.165) is 0 Å². The predicted octanol–water partition coefficient (Wildman–Crippen LogP) is 2.02. The van der Waals surface area contributed by atoms with Gasteiger partial charge in [0.05, 0.1) is 11.5 Å².